The summed E-state index contributed by atoms with van der Waals surface area (Å²) >= 11 is 0. The summed E-state index contributed by atoms with van der Waals surface area (Å²) in [7, 11) is 2.16. The maximum atomic E-state index is 11.4. The van der Waals surface area contributed by atoms with Crippen molar-refractivity contribution in [1.82, 2.24) is 4.90 Å². The number of ketones is 1. The molecular formula is C9H15NO. The van der Waals surface area contributed by atoms with Crippen LogP contribution in [0.3, 0.4) is 0 Å². The number of fused-ring (bicyclic) bond motifs is 2. The molecule has 2 saturated heterocycles. The van der Waals surface area contributed by atoms with Crippen molar-refractivity contribution in [3.8, 4) is 0 Å². The second-order valence-electron chi connectivity index (χ2n) is 3.92. The van der Waals surface area contributed by atoms with Gasteiger partial charge in [0.1, 0.15) is 5.78 Å². The normalized spacial score (nSPS) is 44.9. The van der Waals surface area contributed by atoms with Crippen LogP contribution in [0.1, 0.15) is 26.2 Å². The Morgan fingerprint density at radius 2 is 2.18 bits per heavy atom. The van der Waals surface area contributed by atoms with E-state index >= 15 is 0 Å². The van der Waals surface area contributed by atoms with Gasteiger partial charge in [-0.2, -0.15) is 0 Å². The Labute approximate surface area is 67.6 Å². The molecule has 3 atom stereocenters. The van der Waals surface area contributed by atoms with Crippen molar-refractivity contribution in [2.75, 3.05) is 7.05 Å². The molecule has 2 rings (SSSR count). The third-order valence-electron chi connectivity index (χ3n) is 3.42. The van der Waals surface area contributed by atoms with Crippen LogP contribution in [-0.4, -0.2) is 29.8 Å². The van der Waals surface area contributed by atoms with E-state index in [1.165, 1.54) is 12.8 Å². The van der Waals surface area contributed by atoms with Gasteiger partial charge in [-0.15, -0.1) is 0 Å². The van der Waals surface area contributed by atoms with Crippen LogP contribution in [0.4, 0.5) is 0 Å². The van der Waals surface area contributed by atoms with Crippen molar-refractivity contribution in [1.29, 1.82) is 0 Å². The fourth-order valence-corrected chi connectivity index (χ4v) is 2.52. The van der Waals surface area contributed by atoms with E-state index in [4.69, 9.17) is 0 Å². The number of Topliss-reactive ketones (excluding diaryl/α,β-unsaturated/α-hetero) is 1. The Balaban J connectivity index is 2.22. The van der Waals surface area contributed by atoms with E-state index in [-0.39, 0.29) is 0 Å². The van der Waals surface area contributed by atoms with Gasteiger partial charge in [-0.05, 0) is 19.9 Å². The molecule has 2 heteroatoms. The number of nitrogens with zero attached hydrogens (tertiary/aromatic N) is 1. The van der Waals surface area contributed by atoms with Crippen molar-refractivity contribution in [2.24, 2.45) is 5.92 Å². The maximum Gasteiger partial charge on any atom is 0.138 e. The number of hydrogen-bond acceptors (Lipinski definition) is 2. The van der Waals surface area contributed by atoms with Crippen LogP contribution in [0.25, 0.3) is 0 Å². The molecule has 1 unspecified atom stereocenters. The van der Waals surface area contributed by atoms with E-state index in [9.17, 15) is 4.79 Å². The highest BCUT2D eigenvalue weighted by molar-refractivity contribution is 5.83. The standard InChI is InChI=1S/C9H15NO/c1-6-8-4-3-7(10(8)2)5-9(6)11/h6-8H,3-5H2,1-2H3/t6?,7-,8+/m1/s1. The molecule has 2 bridgehead atoms. The molecule has 2 aliphatic rings. The summed E-state index contributed by atoms with van der Waals surface area (Å²) in [5, 5.41) is 0. The van der Waals surface area contributed by atoms with Crippen LogP contribution < -0.4 is 0 Å². The molecule has 0 N–H and O–H groups in total. The first-order valence-corrected chi connectivity index (χ1v) is 4.45. The van der Waals surface area contributed by atoms with Gasteiger partial charge in [-0.3, -0.25) is 9.69 Å². The van der Waals surface area contributed by atoms with Gasteiger partial charge < -0.3 is 0 Å². The third kappa shape index (κ3) is 0.924. The molecule has 2 nitrogen and oxygen atoms in total. The minimum atomic E-state index is 0.291. The van der Waals surface area contributed by atoms with E-state index in [0.717, 1.165) is 6.42 Å². The van der Waals surface area contributed by atoms with Crippen LogP contribution in [-0.2, 0) is 4.79 Å². The van der Waals surface area contributed by atoms with E-state index in [1.54, 1.807) is 0 Å². The Bertz CT molecular complexity index is 190. The van der Waals surface area contributed by atoms with E-state index in [0.29, 0.717) is 23.8 Å². The second kappa shape index (κ2) is 2.31. The Morgan fingerprint density at radius 1 is 1.45 bits per heavy atom. The van der Waals surface area contributed by atoms with Gasteiger partial charge in [0.2, 0.25) is 0 Å². The molecule has 2 heterocycles. The summed E-state index contributed by atoms with van der Waals surface area (Å²) in [5.74, 6) is 0.773. The summed E-state index contributed by atoms with van der Waals surface area (Å²) in [6.07, 6.45) is 3.26. The number of carbonyl (C=O) groups excluding carboxylic acids is 1. The van der Waals surface area contributed by atoms with Crippen molar-refractivity contribution >= 4 is 5.78 Å². The van der Waals surface area contributed by atoms with Crippen LogP contribution in [0.2, 0.25) is 0 Å². The Morgan fingerprint density at radius 3 is 2.91 bits per heavy atom. The smallest absolute Gasteiger partial charge is 0.138 e. The van der Waals surface area contributed by atoms with E-state index in [1.807, 2.05) is 0 Å². The average Bonchev–Trinajstić information content (AvgIpc) is 2.23. The van der Waals surface area contributed by atoms with Crippen molar-refractivity contribution in [3.05, 3.63) is 0 Å². The van der Waals surface area contributed by atoms with Crippen molar-refractivity contribution < 1.29 is 4.79 Å². The minimum absolute atomic E-state index is 0.291. The molecule has 0 aliphatic carbocycles. The summed E-state index contributed by atoms with van der Waals surface area (Å²) in [6, 6.07) is 1.13. The lowest BCUT2D eigenvalue weighted by molar-refractivity contribution is -0.127. The van der Waals surface area contributed by atoms with Crippen molar-refractivity contribution in [3.63, 3.8) is 0 Å². The maximum absolute atomic E-state index is 11.4. The summed E-state index contributed by atoms with van der Waals surface area (Å²) in [5.41, 5.74) is 0. The van der Waals surface area contributed by atoms with Gasteiger partial charge >= 0.3 is 0 Å². The molecular weight excluding hydrogens is 138 g/mol. The first-order valence-electron chi connectivity index (χ1n) is 4.45. The zero-order chi connectivity index (χ0) is 8.01. The molecule has 0 aromatic carbocycles. The minimum Gasteiger partial charge on any atom is -0.299 e. The fraction of sp³-hybridized carbons (Fsp3) is 0.889. The van der Waals surface area contributed by atoms with Gasteiger partial charge in [0, 0.05) is 24.4 Å². The predicted octanol–water partition coefficient (Wildman–Crippen LogP) is 1.06. The zero-order valence-electron chi connectivity index (χ0n) is 7.21. The molecule has 2 fully saturated rings. The number of piperidine rings is 1. The van der Waals surface area contributed by atoms with Crippen LogP contribution in [0, 0.1) is 5.92 Å². The monoisotopic (exact) mass is 153 g/mol. The molecule has 0 saturated carbocycles. The SMILES string of the molecule is CC1C(=O)C[C@H]2CC[C@@H]1N2C. The zero-order valence-corrected chi connectivity index (χ0v) is 7.21. The van der Waals surface area contributed by atoms with Crippen LogP contribution in [0.15, 0.2) is 0 Å². The van der Waals surface area contributed by atoms with E-state index < -0.39 is 0 Å². The Kier molecular flexibility index (Phi) is 1.53. The van der Waals surface area contributed by atoms with Crippen LogP contribution >= 0.6 is 0 Å². The van der Waals surface area contributed by atoms with Gasteiger partial charge in [0.15, 0.2) is 0 Å². The van der Waals surface area contributed by atoms with Crippen LogP contribution in [0.5, 0.6) is 0 Å². The van der Waals surface area contributed by atoms with Crippen molar-refractivity contribution in [2.45, 2.75) is 38.3 Å². The number of carbonyl (C=O) groups is 1. The second-order valence-corrected chi connectivity index (χ2v) is 3.92. The highest BCUT2D eigenvalue weighted by Gasteiger charge is 2.42. The molecule has 0 aromatic rings. The number of rotatable bonds is 0. The quantitative estimate of drug-likeness (QED) is 0.518. The summed E-state index contributed by atoms with van der Waals surface area (Å²) < 4.78 is 0. The van der Waals surface area contributed by atoms with Gasteiger partial charge in [0.25, 0.3) is 0 Å². The predicted molar refractivity (Wildman–Crippen MR) is 43.4 cm³/mol. The first kappa shape index (κ1) is 7.29. The Hall–Kier alpha value is -0.370. The average molecular weight is 153 g/mol. The lowest BCUT2D eigenvalue weighted by Gasteiger charge is -2.34. The number of hydrogen-bond donors (Lipinski definition) is 0. The van der Waals surface area contributed by atoms with Gasteiger partial charge in [-0.25, -0.2) is 0 Å². The molecule has 2 aliphatic heterocycles. The molecule has 0 spiro atoms. The highest BCUT2D eigenvalue weighted by atomic mass is 16.1. The first-order chi connectivity index (χ1) is 5.20. The molecule has 0 amide bonds. The largest absolute Gasteiger partial charge is 0.299 e. The lowest BCUT2D eigenvalue weighted by Crippen LogP contribution is -2.45. The lowest BCUT2D eigenvalue weighted by atomic mass is 9.91. The fourth-order valence-electron chi connectivity index (χ4n) is 2.52. The summed E-state index contributed by atoms with van der Waals surface area (Å²) in [4.78, 5) is 13.8. The topological polar surface area (TPSA) is 20.3 Å². The molecule has 0 aromatic heterocycles. The molecule has 62 valence electrons. The van der Waals surface area contributed by atoms with Gasteiger partial charge in [-0.1, -0.05) is 6.92 Å². The molecule has 0 radical (unpaired) electrons. The third-order valence-corrected chi connectivity index (χ3v) is 3.42. The van der Waals surface area contributed by atoms with E-state index in [2.05, 4.69) is 18.9 Å². The van der Waals surface area contributed by atoms with Gasteiger partial charge in [0.05, 0.1) is 0 Å². The highest BCUT2D eigenvalue weighted by Crippen LogP contribution is 2.35. The molecule has 11 heavy (non-hydrogen) atoms. The summed E-state index contributed by atoms with van der Waals surface area (Å²) in [6.45, 7) is 2.07.